The summed E-state index contributed by atoms with van der Waals surface area (Å²) >= 11 is 0. The fourth-order valence-electron chi connectivity index (χ4n) is 1.28. The van der Waals surface area contributed by atoms with Crippen molar-refractivity contribution in [2.45, 2.75) is 11.8 Å². The van der Waals surface area contributed by atoms with E-state index < -0.39 is 10.0 Å². The van der Waals surface area contributed by atoms with Gasteiger partial charge in [0.05, 0.1) is 22.2 Å². The van der Waals surface area contributed by atoms with Crippen molar-refractivity contribution in [3.05, 3.63) is 41.8 Å². The summed E-state index contributed by atoms with van der Waals surface area (Å²) in [7, 11) is -3.74. The normalized spacial score (nSPS) is 10.9. The number of aromatic nitrogens is 1. The molecule has 0 aliphatic heterocycles. The molecule has 0 unspecified atom stereocenters. The molecule has 6 nitrogen and oxygen atoms in total. The van der Waals surface area contributed by atoms with Crippen molar-refractivity contribution in [1.29, 1.82) is 5.26 Å². The van der Waals surface area contributed by atoms with Crippen LogP contribution >= 0.6 is 0 Å². The quantitative estimate of drug-likeness (QED) is 0.908. The Morgan fingerprint density at radius 2 is 2.00 bits per heavy atom. The van der Waals surface area contributed by atoms with Gasteiger partial charge in [0.1, 0.15) is 6.26 Å². The van der Waals surface area contributed by atoms with E-state index in [0.717, 1.165) is 0 Å². The van der Waals surface area contributed by atoms with Gasteiger partial charge in [0.15, 0.2) is 0 Å². The van der Waals surface area contributed by atoms with Gasteiger partial charge in [-0.15, -0.1) is 0 Å². The molecule has 1 heterocycles. The van der Waals surface area contributed by atoms with Crippen molar-refractivity contribution in [2.75, 3.05) is 4.72 Å². The number of hydrogen-bond acceptors (Lipinski definition) is 5. The zero-order chi connectivity index (χ0) is 13.2. The van der Waals surface area contributed by atoms with E-state index in [4.69, 9.17) is 9.68 Å². The highest BCUT2D eigenvalue weighted by Gasteiger charge is 2.16. The molecule has 0 saturated carbocycles. The average Bonchev–Trinajstić information content (AvgIpc) is 2.74. The maximum absolute atomic E-state index is 11.9. The maximum atomic E-state index is 11.9. The smallest absolute Gasteiger partial charge is 0.309 e. The number of anilines is 1. The first-order valence-electron chi connectivity index (χ1n) is 4.96. The van der Waals surface area contributed by atoms with Crippen LogP contribution in [0.4, 0.5) is 6.01 Å². The highest BCUT2D eigenvalue weighted by molar-refractivity contribution is 7.92. The topological polar surface area (TPSA) is 96.0 Å². The third-order valence-corrected chi connectivity index (χ3v) is 3.47. The zero-order valence-electron chi connectivity index (χ0n) is 9.41. The van der Waals surface area contributed by atoms with Gasteiger partial charge in [0, 0.05) is 0 Å². The number of hydrogen-bond donors (Lipinski definition) is 1. The SMILES string of the molecule is Cc1coc(NS(=O)(=O)c2ccc(C#N)cc2)n1. The largest absolute Gasteiger partial charge is 0.431 e. The maximum Gasteiger partial charge on any atom is 0.309 e. The summed E-state index contributed by atoms with van der Waals surface area (Å²) < 4.78 is 31.0. The minimum atomic E-state index is -3.74. The summed E-state index contributed by atoms with van der Waals surface area (Å²) in [5.74, 6) is 0. The molecule has 0 amide bonds. The molecule has 0 aliphatic carbocycles. The van der Waals surface area contributed by atoms with Crippen molar-refractivity contribution < 1.29 is 12.8 Å². The molecule has 0 spiro atoms. The van der Waals surface area contributed by atoms with Crippen LogP contribution in [0.5, 0.6) is 0 Å². The molecule has 0 saturated heterocycles. The summed E-state index contributed by atoms with van der Waals surface area (Å²) in [5.41, 5.74) is 0.966. The lowest BCUT2D eigenvalue weighted by atomic mass is 10.2. The molecule has 18 heavy (non-hydrogen) atoms. The minimum absolute atomic E-state index is 0.0392. The molecular formula is C11H9N3O3S. The van der Waals surface area contributed by atoms with Crippen LogP contribution in [0.3, 0.4) is 0 Å². The fourth-order valence-corrected chi connectivity index (χ4v) is 2.22. The van der Waals surface area contributed by atoms with Gasteiger partial charge in [-0.05, 0) is 31.2 Å². The predicted octanol–water partition coefficient (Wildman–Crippen LogP) is 1.66. The lowest BCUT2D eigenvalue weighted by molar-refractivity contribution is 0.569. The minimum Gasteiger partial charge on any atom is -0.431 e. The number of benzene rings is 1. The molecule has 0 bridgehead atoms. The summed E-state index contributed by atoms with van der Waals surface area (Å²) in [4.78, 5) is 3.89. The van der Waals surface area contributed by atoms with E-state index in [2.05, 4.69) is 9.71 Å². The molecular weight excluding hydrogens is 254 g/mol. The van der Waals surface area contributed by atoms with E-state index in [1.54, 1.807) is 6.92 Å². The van der Waals surface area contributed by atoms with Crippen LogP contribution in [0.25, 0.3) is 0 Å². The van der Waals surface area contributed by atoms with Crippen LogP contribution in [-0.2, 0) is 10.0 Å². The second-order valence-corrected chi connectivity index (χ2v) is 5.22. The third-order valence-electron chi connectivity index (χ3n) is 2.13. The molecule has 92 valence electrons. The molecule has 7 heteroatoms. The molecule has 2 rings (SSSR count). The van der Waals surface area contributed by atoms with E-state index in [0.29, 0.717) is 11.3 Å². The number of nitrogens with one attached hydrogen (secondary N) is 1. The van der Waals surface area contributed by atoms with Gasteiger partial charge in [0.25, 0.3) is 10.0 Å². The van der Waals surface area contributed by atoms with Crippen molar-refractivity contribution in [3.8, 4) is 6.07 Å². The van der Waals surface area contributed by atoms with Gasteiger partial charge in [-0.1, -0.05) is 0 Å². The Hall–Kier alpha value is -2.33. The number of nitrogens with zero attached hydrogens (tertiary/aromatic N) is 2. The van der Waals surface area contributed by atoms with Gasteiger partial charge in [-0.3, -0.25) is 0 Å². The first-order chi connectivity index (χ1) is 8.51. The van der Waals surface area contributed by atoms with Crippen LogP contribution in [-0.4, -0.2) is 13.4 Å². The molecule has 0 atom stereocenters. The van der Waals surface area contributed by atoms with Crippen LogP contribution in [0, 0.1) is 18.3 Å². The first-order valence-corrected chi connectivity index (χ1v) is 6.45. The number of aryl methyl sites for hydroxylation is 1. The van der Waals surface area contributed by atoms with Crippen molar-refractivity contribution >= 4 is 16.0 Å². The van der Waals surface area contributed by atoms with Gasteiger partial charge in [-0.25, -0.2) is 13.1 Å². The predicted molar refractivity (Wildman–Crippen MR) is 63.2 cm³/mol. The summed E-state index contributed by atoms with van der Waals surface area (Å²) in [6.45, 7) is 1.68. The Morgan fingerprint density at radius 1 is 1.33 bits per heavy atom. The number of rotatable bonds is 3. The van der Waals surface area contributed by atoms with Gasteiger partial charge >= 0.3 is 6.01 Å². The second-order valence-electron chi connectivity index (χ2n) is 3.54. The van der Waals surface area contributed by atoms with Crippen molar-refractivity contribution in [1.82, 2.24) is 4.98 Å². The lowest BCUT2D eigenvalue weighted by Crippen LogP contribution is -2.13. The van der Waals surface area contributed by atoms with E-state index >= 15 is 0 Å². The summed E-state index contributed by atoms with van der Waals surface area (Å²) in [6.07, 6.45) is 1.34. The monoisotopic (exact) mass is 263 g/mol. The Balaban J connectivity index is 2.28. The first kappa shape index (κ1) is 12.1. The van der Waals surface area contributed by atoms with Crippen molar-refractivity contribution in [2.24, 2.45) is 0 Å². The van der Waals surface area contributed by atoms with E-state index in [1.165, 1.54) is 30.5 Å². The van der Waals surface area contributed by atoms with Gasteiger partial charge < -0.3 is 4.42 Å². The van der Waals surface area contributed by atoms with E-state index in [9.17, 15) is 8.42 Å². The van der Waals surface area contributed by atoms with Crippen molar-refractivity contribution in [3.63, 3.8) is 0 Å². The third kappa shape index (κ3) is 2.49. The lowest BCUT2D eigenvalue weighted by Gasteiger charge is -2.03. The average molecular weight is 263 g/mol. The molecule has 0 fully saturated rings. The standard InChI is InChI=1S/C11H9N3O3S/c1-8-7-17-11(13-8)14-18(15,16)10-4-2-9(6-12)3-5-10/h2-5,7H,1H3,(H,13,14). The molecule has 0 radical (unpaired) electrons. The molecule has 1 aromatic carbocycles. The molecule has 1 N–H and O–H groups in total. The summed E-state index contributed by atoms with van der Waals surface area (Å²) in [5, 5.41) is 8.63. The zero-order valence-corrected chi connectivity index (χ0v) is 10.2. The Kier molecular flexibility index (Phi) is 3.04. The molecule has 1 aromatic heterocycles. The second kappa shape index (κ2) is 4.50. The van der Waals surface area contributed by atoms with Gasteiger partial charge in [-0.2, -0.15) is 10.2 Å². The number of oxazole rings is 1. The number of sulfonamides is 1. The van der Waals surface area contributed by atoms with Gasteiger partial charge in [0.2, 0.25) is 0 Å². The Labute approximate surface area is 104 Å². The fraction of sp³-hybridized carbons (Fsp3) is 0.0909. The van der Waals surface area contributed by atoms with Crippen LogP contribution in [0.15, 0.2) is 39.8 Å². The Bertz CT molecular complexity index is 696. The van der Waals surface area contributed by atoms with Crippen LogP contribution in [0.2, 0.25) is 0 Å². The van der Waals surface area contributed by atoms with E-state index in [-0.39, 0.29) is 10.9 Å². The highest BCUT2D eigenvalue weighted by Crippen LogP contribution is 2.15. The number of nitriles is 1. The molecule has 2 aromatic rings. The molecule has 0 aliphatic rings. The van der Waals surface area contributed by atoms with Crippen LogP contribution < -0.4 is 4.72 Å². The van der Waals surface area contributed by atoms with E-state index in [1.807, 2.05) is 6.07 Å². The summed E-state index contributed by atoms with van der Waals surface area (Å²) in [6, 6.07) is 7.37. The Morgan fingerprint density at radius 3 is 2.50 bits per heavy atom. The van der Waals surface area contributed by atoms with Crippen LogP contribution in [0.1, 0.15) is 11.3 Å². The highest BCUT2D eigenvalue weighted by atomic mass is 32.2.